The lowest BCUT2D eigenvalue weighted by atomic mass is 9.80. The normalized spacial score (nSPS) is 20.2. The Morgan fingerprint density at radius 1 is 1.20 bits per heavy atom. The molecule has 0 N–H and O–H groups in total. The molecule has 1 nitrogen and oxygen atoms in total. The van der Waals surface area contributed by atoms with E-state index in [2.05, 4.69) is 18.8 Å². The van der Waals surface area contributed by atoms with Crippen molar-refractivity contribution in [2.24, 2.45) is 11.8 Å². The zero-order valence-electron chi connectivity index (χ0n) is 14.9. The Hall–Kier alpha value is -1.76. The van der Waals surface area contributed by atoms with E-state index in [1.807, 2.05) is 0 Å². The van der Waals surface area contributed by atoms with Crippen molar-refractivity contribution in [2.75, 3.05) is 0 Å². The maximum absolute atomic E-state index is 14.5. The van der Waals surface area contributed by atoms with Crippen LogP contribution in [0.5, 0.6) is 0 Å². The van der Waals surface area contributed by atoms with Gasteiger partial charge < -0.3 is 0 Å². The smallest absolute Gasteiger partial charge is 0.267 e. The number of hydrogen-bond donors (Lipinski definition) is 0. The van der Waals surface area contributed by atoms with Gasteiger partial charge in [0.25, 0.3) is 6.43 Å². The van der Waals surface area contributed by atoms with Crippen LogP contribution in [0.2, 0.25) is 0 Å². The van der Waals surface area contributed by atoms with Gasteiger partial charge in [0.2, 0.25) is 0 Å². The molecule has 1 aromatic carbocycles. The Morgan fingerprint density at radius 2 is 1.88 bits per heavy atom. The maximum Gasteiger partial charge on any atom is 0.267 e. The molecule has 4 heteroatoms. The highest BCUT2D eigenvalue weighted by Crippen LogP contribution is 2.32. The van der Waals surface area contributed by atoms with Crippen molar-refractivity contribution in [3.63, 3.8) is 0 Å². The molecule has 1 aliphatic rings. The predicted octanol–water partition coefficient (Wildman–Crippen LogP) is 6.31. The van der Waals surface area contributed by atoms with Crippen LogP contribution in [0.15, 0.2) is 12.1 Å². The summed E-state index contributed by atoms with van der Waals surface area (Å²) >= 11 is 0. The first-order valence-electron chi connectivity index (χ1n) is 9.13. The van der Waals surface area contributed by atoms with Gasteiger partial charge in [-0.3, -0.25) is 4.79 Å². The topological polar surface area (TPSA) is 17.1 Å². The Labute approximate surface area is 148 Å². The number of hydrogen-bond acceptors (Lipinski definition) is 1. The van der Waals surface area contributed by atoms with E-state index in [-0.39, 0.29) is 23.5 Å². The van der Waals surface area contributed by atoms with E-state index in [1.54, 1.807) is 6.92 Å². The molecule has 0 aliphatic heterocycles. The van der Waals surface area contributed by atoms with Crippen LogP contribution in [0.1, 0.15) is 86.7 Å². The van der Waals surface area contributed by atoms with Crippen LogP contribution in [0.3, 0.4) is 0 Å². The van der Waals surface area contributed by atoms with Crippen molar-refractivity contribution >= 4 is 5.78 Å². The Bertz CT molecular complexity index is 662. The van der Waals surface area contributed by atoms with Gasteiger partial charge in [0, 0.05) is 17.9 Å². The molecule has 1 aliphatic carbocycles. The van der Waals surface area contributed by atoms with Gasteiger partial charge in [0.15, 0.2) is 5.78 Å². The van der Waals surface area contributed by atoms with Gasteiger partial charge in [-0.1, -0.05) is 38.5 Å². The summed E-state index contributed by atoms with van der Waals surface area (Å²) in [6.45, 7) is 3.75. The molecule has 0 amide bonds. The lowest BCUT2D eigenvalue weighted by Gasteiger charge is -2.25. The number of rotatable bonds is 5. The number of carbonyl (C=O) groups is 1. The van der Waals surface area contributed by atoms with Gasteiger partial charge in [0.1, 0.15) is 5.82 Å². The molecular weight excluding hydrogens is 325 g/mol. The second-order valence-electron chi connectivity index (χ2n) is 6.74. The van der Waals surface area contributed by atoms with Crippen LogP contribution >= 0.6 is 0 Å². The molecular formula is C21H25F3O. The highest BCUT2D eigenvalue weighted by molar-refractivity contribution is 5.97. The number of benzene rings is 1. The Kier molecular flexibility index (Phi) is 7.11. The summed E-state index contributed by atoms with van der Waals surface area (Å²) in [7, 11) is 0. The van der Waals surface area contributed by atoms with Crippen molar-refractivity contribution < 1.29 is 18.0 Å². The summed E-state index contributed by atoms with van der Waals surface area (Å²) in [6.07, 6.45) is 3.66. The van der Waals surface area contributed by atoms with Gasteiger partial charge in [-0.2, -0.15) is 0 Å². The van der Waals surface area contributed by atoms with E-state index in [0.29, 0.717) is 0 Å². The Morgan fingerprint density at radius 3 is 2.44 bits per heavy atom. The number of Topliss-reactive ketones (excluding diaryl/α,β-unsaturated/α-hetero) is 1. The van der Waals surface area contributed by atoms with Crippen LogP contribution < -0.4 is 0 Å². The minimum atomic E-state index is -3.03. The lowest BCUT2D eigenvalue weighted by Crippen LogP contribution is -2.13. The SMILES string of the molecule is CCCC1CCC(C#Cc2ccc(C(=O)CC)c(C(F)F)c2F)CC1. The third kappa shape index (κ3) is 4.87. The number of alkyl halides is 2. The van der Waals surface area contributed by atoms with Crippen molar-refractivity contribution in [1.82, 2.24) is 0 Å². The molecule has 0 atom stereocenters. The van der Waals surface area contributed by atoms with Crippen LogP contribution in [0.25, 0.3) is 0 Å². The molecule has 0 spiro atoms. The molecule has 0 radical (unpaired) electrons. The van der Waals surface area contributed by atoms with Crippen molar-refractivity contribution in [3.8, 4) is 11.8 Å². The summed E-state index contributed by atoms with van der Waals surface area (Å²) in [5, 5.41) is 0. The molecule has 0 heterocycles. The second kappa shape index (κ2) is 9.08. The molecule has 1 aromatic rings. The Balaban J connectivity index is 2.19. The predicted molar refractivity (Wildman–Crippen MR) is 93.2 cm³/mol. The molecule has 136 valence electrons. The van der Waals surface area contributed by atoms with E-state index in [1.165, 1.54) is 25.0 Å². The molecule has 1 saturated carbocycles. The standard InChI is InChI=1S/C21H25F3O/c1-3-5-14-6-8-15(9-7-14)10-11-16-12-13-17(18(25)4-2)19(20(16)22)21(23)24/h12-15,21H,3-9H2,1-2H3. The maximum atomic E-state index is 14.5. The average molecular weight is 350 g/mol. The minimum absolute atomic E-state index is 0.0429. The summed E-state index contributed by atoms with van der Waals surface area (Å²) in [5.74, 6) is 5.20. The molecule has 0 bridgehead atoms. The lowest BCUT2D eigenvalue weighted by molar-refractivity contribution is 0.0971. The molecule has 25 heavy (non-hydrogen) atoms. The zero-order valence-corrected chi connectivity index (χ0v) is 14.9. The summed E-state index contributed by atoms with van der Waals surface area (Å²) in [6, 6.07) is 2.62. The van der Waals surface area contributed by atoms with Crippen molar-refractivity contribution in [2.45, 2.75) is 65.2 Å². The summed E-state index contributed by atoms with van der Waals surface area (Å²) < 4.78 is 40.9. The van der Waals surface area contributed by atoms with Crippen molar-refractivity contribution in [3.05, 3.63) is 34.6 Å². The molecule has 0 unspecified atom stereocenters. The zero-order chi connectivity index (χ0) is 18.4. The monoisotopic (exact) mass is 350 g/mol. The molecule has 2 rings (SSSR count). The van der Waals surface area contributed by atoms with Crippen molar-refractivity contribution in [1.29, 1.82) is 0 Å². The van der Waals surface area contributed by atoms with E-state index in [4.69, 9.17) is 0 Å². The number of carbonyl (C=O) groups excluding carboxylic acids is 1. The van der Waals surface area contributed by atoms with Crippen LogP contribution in [0.4, 0.5) is 13.2 Å². The molecule has 0 saturated heterocycles. The molecule has 1 fully saturated rings. The highest BCUT2D eigenvalue weighted by atomic mass is 19.3. The van der Waals surface area contributed by atoms with Crippen LogP contribution in [0, 0.1) is 29.5 Å². The van der Waals surface area contributed by atoms with Crippen LogP contribution in [-0.4, -0.2) is 5.78 Å². The van der Waals surface area contributed by atoms with E-state index < -0.39 is 23.6 Å². The first kappa shape index (κ1) is 19.6. The van der Waals surface area contributed by atoms with Crippen LogP contribution in [-0.2, 0) is 0 Å². The van der Waals surface area contributed by atoms with Gasteiger partial charge >= 0.3 is 0 Å². The third-order valence-corrected chi connectivity index (χ3v) is 4.97. The fraction of sp³-hybridized carbons (Fsp3) is 0.571. The first-order chi connectivity index (χ1) is 12.0. The minimum Gasteiger partial charge on any atom is -0.294 e. The second-order valence-corrected chi connectivity index (χ2v) is 6.74. The largest absolute Gasteiger partial charge is 0.294 e. The number of halogens is 3. The fourth-order valence-electron chi connectivity index (χ4n) is 3.52. The average Bonchev–Trinajstić information content (AvgIpc) is 2.61. The number of ketones is 1. The van der Waals surface area contributed by atoms with E-state index in [0.717, 1.165) is 31.6 Å². The quantitative estimate of drug-likeness (QED) is 0.449. The van der Waals surface area contributed by atoms with E-state index in [9.17, 15) is 18.0 Å². The van der Waals surface area contributed by atoms with Gasteiger partial charge in [0.05, 0.1) is 11.1 Å². The fourth-order valence-corrected chi connectivity index (χ4v) is 3.52. The molecule has 0 aromatic heterocycles. The summed E-state index contributed by atoms with van der Waals surface area (Å²) in [4.78, 5) is 11.8. The third-order valence-electron chi connectivity index (χ3n) is 4.97. The van der Waals surface area contributed by atoms with Gasteiger partial charge in [-0.05, 0) is 43.7 Å². The summed E-state index contributed by atoms with van der Waals surface area (Å²) in [5.41, 5.74) is -1.09. The first-order valence-corrected chi connectivity index (χ1v) is 9.13. The van der Waals surface area contributed by atoms with Gasteiger partial charge in [-0.25, -0.2) is 13.2 Å². The van der Waals surface area contributed by atoms with E-state index >= 15 is 0 Å². The highest BCUT2D eigenvalue weighted by Gasteiger charge is 2.24. The van der Waals surface area contributed by atoms with Gasteiger partial charge in [-0.15, -0.1) is 0 Å².